The van der Waals surface area contributed by atoms with Crippen LogP contribution >= 0.6 is 0 Å². The molecular weight excluding hydrogens is 364 g/mol. The summed E-state index contributed by atoms with van der Waals surface area (Å²) in [4.78, 5) is 0. The molecule has 0 N–H and O–H groups in total. The lowest BCUT2D eigenvalue weighted by molar-refractivity contribution is -0.347. The monoisotopic (exact) mass is 366 g/mol. The van der Waals surface area contributed by atoms with Crippen molar-refractivity contribution in [1.82, 2.24) is 0 Å². The van der Waals surface area contributed by atoms with Crippen LogP contribution in [0.4, 0.5) is 52.7 Å². The third-order valence-electron chi connectivity index (χ3n) is 2.02. The first-order chi connectivity index (χ1) is 8.71. The summed E-state index contributed by atoms with van der Waals surface area (Å²) in [6, 6.07) is 0. The molecule has 0 saturated heterocycles. The number of halogens is 12. The van der Waals surface area contributed by atoms with Gasteiger partial charge in [0.15, 0.2) is 9.84 Å². The molecule has 0 atom stereocenters. The lowest BCUT2D eigenvalue weighted by atomic mass is 10.1. The van der Waals surface area contributed by atoms with E-state index in [4.69, 9.17) is 0 Å². The van der Waals surface area contributed by atoms with Gasteiger partial charge in [-0.2, -0.15) is 52.7 Å². The lowest BCUT2D eigenvalue weighted by Gasteiger charge is -2.37. The van der Waals surface area contributed by atoms with Gasteiger partial charge >= 0.3 is 29.5 Å². The lowest BCUT2D eigenvalue weighted by Crippen LogP contribution is -2.71. The van der Waals surface area contributed by atoms with Crippen LogP contribution < -0.4 is 0 Å². The molecule has 0 aliphatic carbocycles. The van der Waals surface area contributed by atoms with E-state index >= 15 is 0 Å². The molecule has 0 fully saturated rings. The quantitative estimate of drug-likeness (QED) is 0.703. The van der Waals surface area contributed by atoms with E-state index in [2.05, 4.69) is 0 Å². The van der Waals surface area contributed by atoms with Gasteiger partial charge in [0, 0.05) is 0 Å². The molecule has 0 aromatic rings. The summed E-state index contributed by atoms with van der Waals surface area (Å²) in [6.07, 6.45) is -29.1. The Morgan fingerprint density at radius 2 is 0.810 bits per heavy atom. The van der Waals surface area contributed by atoms with E-state index in [0.717, 1.165) is 0 Å². The average molecular weight is 366 g/mol. The molecule has 128 valence electrons. The fraction of sp³-hybridized carbons (Fsp3) is 1.00. The van der Waals surface area contributed by atoms with E-state index in [1.54, 1.807) is 0 Å². The minimum absolute atomic E-state index is 3.95. The van der Waals surface area contributed by atoms with E-state index in [-0.39, 0.29) is 0 Å². The smallest absolute Gasteiger partial charge is 0.227 e. The highest BCUT2D eigenvalue weighted by Gasteiger charge is 2.90. The molecule has 0 aromatic heterocycles. The average Bonchev–Trinajstić information content (AvgIpc) is 1.84. The summed E-state index contributed by atoms with van der Waals surface area (Å²) >= 11 is 0. The number of hydrogen-bond acceptors (Lipinski definition) is 2. The zero-order valence-electron chi connectivity index (χ0n) is 8.97. The van der Waals surface area contributed by atoms with Crippen molar-refractivity contribution >= 4 is 9.84 Å². The Morgan fingerprint density at radius 1 is 0.571 bits per heavy atom. The second kappa shape index (κ2) is 4.81. The number of alkyl halides is 12. The van der Waals surface area contributed by atoms with Crippen LogP contribution in [0.15, 0.2) is 0 Å². The van der Waals surface area contributed by atoms with Gasteiger partial charge in [-0.25, -0.2) is 8.42 Å². The summed E-state index contributed by atoms with van der Waals surface area (Å²) < 4.78 is 159. The molecule has 15 heteroatoms. The molecule has 21 heavy (non-hydrogen) atoms. The van der Waals surface area contributed by atoms with Crippen molar-refractivity contribution in [2.75, 3.05) is 5.75 Å². The van der Waals surface area contributed by atoms with Crippen LogP contribution in [0.25, 0.3) is 0 Å². The Hall–Kier alpha value is -0.890. The number of hydrogen-bond donors (Lipinski definition) is 0. The normalized spacial score (nSPS) is 16.2. The number of sulfone groups is 1. The Morgan fingerprint density at radius 3 is 0.952 bits per heavy atom. The van der Waals surface area contributed by atoms with Crippen molar-refractivity contribution in [1.29, 1.82) is 0 Å². The first-order valence-electron chi connectivity index (χ1n) is 4.20. The van der Waals surface area contributed by atoms with Gasteiger partial charge in [0.1, 0.15) is 5.75 Å². The second-order valence-corrected chi connectivity index (χ2v) is 5.68. The van der Waals surface area contributed by atoms with Crippen molar-refractivity contribution in [3.05, 3.63) is 0 Å². The molecule has 0 unspecified atom stereocenters. The van der Waals surface area contributed by atoms with Gasteiger partial charge in [-0.3, -0.25) is 0 Å². The summed E-state index contributed by atoms with van der Waals surface area (Å²) in [5.41, 5.74) is 0. The molecule has 0 aromatic carbocycles. The number of rotatable bonds is 2. The summed E-state index contributed by atoms with van der Waals surface area (Å²) in [5.74, 6) is -3.95. The summed E-state index contributed by atoms with van der Waals surface area (Å²) in [6.45, 7) is 0. The maximum Gasteiger partial charge on any atom is 0.426 e. The fourth-order valence-corrected chi connectivity index (χ4v) is 3.04. The molecule has 0 aliphatic rings. The van der Waals surface area contributed by atoms with Crippen molar-refractivity contribution in [2.24, 2.45) is 0 Å². The molecule has 0 spiro atoms. The van der Waals surface area contributed by atoms with Gasteiger partial charge in [0.25, 0.3) is 0 Å². The van der Waals surface area contributed by atoms with Crippen LogP contribution in [-0.2, 0) is 9.84 Å². The summed E-state index contributed by atoms with van der Waals surface area (Å²) in [7, 11) is -7.81. The molecule has 0 aliphatic heterocycles. The Balaban J connectivity index is 6.74. The topological polar surface area (TPSA) is 34.1 Å². The van der Waals surface area contributed by atoms with Crippen molar-refractivity contribution in [3.63, 3.8) is 0 Å². The predicted molar refractivity (Wildman–Crippen MR) is 40.7 cm³/mol. The maximum absolute atomic E-state index is 12.3. The summed E-state index contributed by atoms with van der Waals surface area (Å²) in [5, 5.41) is 0. The van der Waals surface area contributed by atoms with E-state index < -0.39 is 45.0 Å². The maximum atomic E-state index is 12.3. The van der Waals surface area contributed by atoms with Crippen molar-refractivity contribution in [3.8, 4) is 0 Å². The predicted octanol–water partition coefficient (Wildman–Crippen LogP) is 3.39. The highest BCUT2D eigenvalue weighted by Crippen LogP contribution is 2.58. The Bertz CT molecular complexity index is 438. The SMILES string of the molecule is O=S(=O)(CC(F)(F)F)C(C(F)(F)F)(C(F)(F)F)C(F)(F)F. The largest absolute Gasteiger partial charge is 0.426 e. The van der Waals surface area contributed by atoms with Crippen LogP contribution in [0.3, 0.4) is 0 Å². The molecule has 0 amide bonds. The van der Waals surface area contributed by atoms with Crippen LogP contribution in [0, 0.1) is 0 Å². The zero-order valence-corrected chi connectivity index (χ0v) is 9.78. The third kappa shape index (κ3) is 3.31. The molecule has 2 nitrogen and oxygen atoms in total. The van der Waals surface area contributed by atoms with E-state index in [1.165, 1.54) is 0 Å². The van der Waals surface area contributed by atoms with Gasteiger partial charge < -0.3 is 0 Å². The molecule has 0 rings (SSSR count). The van der Waals surface area contributed by atoms with E-state index in [9.17, 15) is 61.1 Å². The molecule has 0 radical (unpaired) electrons. The van der Waals surface area contributed by atoms with Gasteiger partial charge in [0.05, 0.1) is 0 Å². The van der Waals surface area contributed by atoms with Crippen LogP contribution in [0.2, 0.25) is 0 Å². The van der Waals surface area contributed by atoms with Crippen LogP contribution in [0.5, 0.6) is 0 Å². The highest BCUT2D eigenvalue weighted by atomic mass is 32.2. The first-order valence-corrected chi connectivity index (χ1v) is 5.85. The Labute approximate surface area is 107 Å². The second-order valence-electron chi connectivity index (χ2n) is 3.55. The van der Waals surface area contributed by atoms with Crippen LogP contribution in [-0.4, -0.2) is 43.6 Å². The van der Waals surface area contributed by atoms with E-state index in [0.29, 0.717) is 0 Å². The van der Waals surface area contributed by atoms with Crippen LogP contribution in [0.1, 0.15) is 0 Å². The molecule has 0 heterocycles. The highest BCUT2D eigenvalue weighted by molar-refractivity contribution is 7.93. The Kier molecular flexibility index (Phi) is 4.60. The van der Waals surface area contributed by atoms with Crippen molar-refractivity contribution in [2.45, 2.75) is 29.5 Å². The third-order valence-corrected chi connectivity index (χ3v) is 4.35. The van der Waals surface area contributed by atoms with Gasteiger partial charge in [-0.05, 0) is 0 Å². The van der Waals surface area contributed by atoms with Gasteiger partial charge in [-0.1, -0.05) is 0 Å². The van der Waals surface area contributed by atoms with Gasteiger partial charge in [0.2, 0.25) is 0 Å². The fourth-order valence-electron chi connectivity index (χ4n) is 1.33. The van der Waals surface area contributed by atoms with E-state index in [1.807, 2.05) is 0 Å². The zero-order chi connectivity index (χ0) is 17.7. The first kappa shape index (κ1) is 20.1. The minimum atomic E-state index is -7.81. The molecule has 0 saturated carbocycles. The minimum Gasteiger partial charge on any atom is -0.227 e. The van der Waals surface area contributed by atoms with Crippen molar-refractivity contribution < 1.29 is 61.1 Å². The molecular formula is C6H2F12O2S. The van der Waals surface area contributed by atoms with Gasteiger partial charge in [-0.15, -0.1) is 0 Å². The molecule has 0 bridgehead atoms. The standard InChI is InChI=1S/C6H2F12O2S/c7-2(8,9)1-21(19,20)3(4(10,11)12,5(13,14)15)6(16,17)18/h1H2.